The molecule has 1 heterocycles. The molecule has 0 saturated heterocycles. The lowest BCUT2D eigenvalue weighted by Gasteiger charge is -1.91. The zero-order valence-corrected chi connectivity index (χ0v) is 6.55. The van der Waals surface area contributed by atoms with Crippen molar-refractivity contribution in [3.8, 4) is 0 Å². The van der Waals surface area contributed by atoms with Crippen LogP contribution in [0.2, 0.25) is 0 Å². The number of aryl methyl sites for hydroxylation is 1. The number of nitrogens with two attached hydrogens (primary N) is 1. The summed E-state index contributed by atoms with van der Waals surface area (Å²) in [5, 5.41) is 3.67. The predicted octanol–water partition coefficient (Wildman–Crippen LogP) is 1.34. The van der Waals surface area contributed by atoms with Crippen LogP contribution in [0.5, 0.6) is 0 Å². The van der Waals surface area contributed by atoms with Crippen molar-refractivity contribution < 1.29 is 4.52 Å². The van der Waals surface area contributed by atoms with Crippen LogP contribution < -0.4 is 5.73 Å². The second-order valence-electron chi connectivity index (χ2n) is 1.76. The van der Waals surface area contributed by atoms with Gasteiger partial charge in [-0.15, -0.1) is 0 Å². The molecule has 0 fully saturated rings. The van der Waals surface area contributed by atoms with Gasteiger partial charge in [0.15, 0.2) is 0 Å². The van der Waals surface area contributed by atoms with E-state index in [0.29, 0.717) is 0 Å². The van der Waals surface area contributed by atoms with Gasteiger partial charge in [-0.05, 0) is 6.92 Å². The molecule has 1 aromatic heterocycles. The summed E-state index contributed by atoms with van der Waals surface area (Å²) < 4.78 is 4.77. The average molecular weight is 191 g/mol. The van der Waals surface area contributed by atoms with Crippen LogP contribution in [0, 0.1) is 6.92 Å². The van der Waals surface area contributed by atoms with Crippen LogP contribution in [0.1, 0.15) is 16.4 Å². The van der Waals surface area contributed by atoms with Crippen molar-refractivity contribution in [1.82, 2.24) is 5.16 Å². The van der Waals surface area contributed by atoms with Crippen LogP contribution in [0.25, 0.3) is 0 Å². The lowest BCUT2D eigenvalue weighted by molar-refractivity contribution is 0.390. The van der Waals surface area contributed by atoms with Gasteiger partial charge in [0.05, 0.1) is 0 Å². The molecular formula is C5H7BrN2O. The van der Waals surface area contributed by atoms with E-state index in [2.05, 4.69) is 21.1 Å². The Labute approximate surface area is 61.3 Å². The van der Waals surface area contributed by atoms with Gasteiger partial charge in [-0.2, -0.15) is 0 Å². The third kappa shape index (κ3) is 1.53. The fraction of sp³-hybridized carbons (Fsp3) is 0.400. The monoisotopic (exact) mass is 190 g/mol. The number of rotatable bonds is 1. The number of nitrogens with zero attached hydrogens (tertiary/aromatic N) is 1. The van der Waals surface area contributed by atoms with Gasteiger partial charge in [0, 0.05) is 6.07 Å². The maximum atomic E-state index is 5.42. The normalized spacial score (nSPS) is 13.7. The highest BCUT2D eigenvalue weighted by molar-refractivity contribution is 9.09. The minimum absolute atomic E-state index is 0.213. The third-order valence-electron chi connectivity index (χ3n) is 0.929. The molecule has 0 amide bonds. The van der Waals surface area contributed by atoms with Crippen molar-refractivity contribution in [2.45, 2.75) is 11.9 Å². The van der Waals surface area contributed by atoms with Crippen molar-refractivity contribution in [2.75, 3.05) is 0 Å². The Hall–Kier alpha value is -0.350. The van der Waals surface area contributed by atoms with E-state index in [1.54, 1.807) is 6.07 Å². The summed E-state index contributed by atoms with van der Waals surface area (Å²) in [5.41, 5.74) is 6.15. The number of hydrogen-bond donors (Lipinski definition) is 1. The van der Waals surface area contributed by atoms with Gasteiger partial charge in [-0.1, -0.05) is 21.1 Å². The highest BCUT2D eigenvalue weighted by Gasteiger charge is 2.04. The summed E-state index contributed by atoms with van der Waals surface area (Å²) in [6, 6.07) is 1.79. The SMILES string of the molecule is Cc1cc(C(N)Br)no1. The minimum Gasteiger partial charge on any atom is -0.361 e. The number of halogens is 1. The van der Waals surface area contributed by atoms with Crippen LogP contribution in [0.4, 0.5) is 0 Å². The lowest BCUT2D eigenvalue weighted by Crippen LogP contribution is -2.00. The molecular weight excluding hydrogens is 184 g/mol. The molecule has 0 radical (unpaired) electrons. The number of alkyl halides is 1. The van der Waals surface area contributed by atoms with Crippen molar-refractivity contribution in [2.24, 2.45) is 5.73 Å². The lowest BCUT2D eigenvalue weighted by atomic mass is 10.4. The summed E-state index contributed by atoms with van der Waals surface area (Å²) in [4.78, 5) is -0.213. The third-order valence-corrected chi connectivity index (χ3v) is 1.40. The molecule has 0 saturated carbocycles. The second kappa shape index (κ2) is 2.49. The first-order valence-corrected chi connectivity index (χ1v) is 3.44. The molecule has 0 bridgehead atoms. The Bertz CT molecular complexity index is 197. The van der Waals surface area contributed by atoms with E-state index in [0.717, 1.165) is 11.5 Å². The Morgan fingerprint density at radius 2 is 2.56 bits per heavy atom. The van der Waals surface area contributed by atoms with Crippen LogP contribution in [0.3, 0.4) is 0 Å². The summed E-state index contributed by atoms with van der Waals surface area (Å²) in [5.74, 6) is 0.778. The van der Waals surface area contributed by atoms with Crippen LogP contribution >= 0.6 is 15.9 Å². The summed E-state index contributed by atoms with van der Waals surface area (Å²) in [7, 11) is 0. The van der Waals surface area contributed by atoms with E-state index in [9.17, 15) is 0 Å². The van der Waals surface area contributed by atoms with Gasteiger partial charge < -0.3 is 10.3 Å². The van der Waals surface area contributed by atoms with Gasteiger partial charge >= 0.3 is 0 Å². The van der Waals surface area contributed by atoms with Crippen molar-refractivity contribution in [3.63, 3.8) is 0 Å². The van der Waals surface area contributed by atoms with Crippen molar-refractivity contribution in [3.05, 3.63) is 17.5 Å². The second-order valence-corrected chi connectivity index (χ2v) is 2.75. The van der Waals surface area contributed by atoms with E-state index in [1.807, 2.05) is 6.92 Å². The molecule has 1 unspecified atom stereocenters. The highest BCUT2D eigenvalue weighted by Crippen LogP contribution is 2.14. The smallest absolute Gasteiger partial charge is 0.134 e. The van der Waals surface area contributed by atoms with E-state index in [4.69, 9.17) is 10.3 Å². The summed E-state index contributed by atoms with van der Waals surface area (Å²) in [6.45, 7) is 1.83. The van der Waals surface area contributed by atoms with E-state index < -0.39 is 0 Å². The zero-order valence-electron chi connectivity index (χ0n) is 4.97. The largest absolute Gasteiger partial charge is 0.361 e. The fourth-order valence-corrected chi connectivity index (χ4v) is 0.731. The first-order chi connectivity index (χ1) is 4.20. The highest BCUT2D eigenvalue weighted by atomic mass is 79.9. The Morgan fingerprint density at radius 1 is 1.89 bits per heavy atom. The Morgan fingerprint density at radius 3 is 2.78 bits per heavy atom. The van der Waals surface area contributed by atoms with Gasteiger partial charge in [0.25, 0.3) is 0 Å². The maximum Gasteiger partial charge on any atom is 0.134 e. The van der Waals surface area contributed by atoms with Gasteiger partial charge in [-0.25, -0.2) is 0 Å². The molecule has 3 nitrogen and oxygen atoms in total. The van der Waals surface area contributed by atoms with Crippen LogP contribution in [-0.4, -0.2) is 5.16 Å². The first-order valence-electron chi connectivity index (χ1n) is 2.53. The molecule has 1 atom stereocenters. The molecule has 0 aliphatic rings. The summed E-state index contributed by atoms with van der Waals surface area (Å²) in [6.07, 6.45) is 0. The molecule has 0 aromatic carbocycles. The van der Waals surface area contributed by atoms with E-state index in [-0.39, 0.29) is 4.95 Å². The first kappa shape index (κ1) is 6.77. The quantitative estimate of drug-likeness (QED) is 0.538. The van der Waals surface area contributed by atoms with Crippen LogP contribution in [0.15, 0.2) is 10.6 Å². The molecule has 0 aliphatic carbocycles. The molecule has 1 aromatic rings. The molecule has 9 heavy (non-hydrogen) atoms. The van der Waals surface area contributed by atoms with Gasteiger partial charge in [-0.3, -0.25) is 0 Å². The van der Waals surface area contributed by atoms with Crippen molar-refractivity contribution in [1.29, 1.82) is 0 Å². The average Bonchev–Trinajstić information content (AvgIpc) is 2.14. The van der Waals surface area contributed by atoms with Gasteiger partial charge in [0.1, 0.15) is 16.4 Å². The maximum absolute atomic E-state index is 5.42. The number of aromatic nitrogens is 1. The topological polar surface area (TPSA) is 52.0 Å². The van der Waals surface area contributed by atoms with Crippen LogP contribution in [-0.2, 0) is 0 Å². The van der Waals surface area contributed by atoms with E-state index >= 15 is 0 Å². The van der Waals surface area contributed by atoms with Crippen molar-refractivity contribution >= 4 is 15.9 Å². The standard InChI is InChI=1S/C5H7BrN2O/c1-3-2-4(5(6)7)8-9-3/h2,5H,7H2,1H3. The zero-order chi connectivity index (χ0) is 6.85. The molecule has 0 spiro atoms. The molecule has 50 valence electrons. The Balaban J connectivity index is 2.85. The van der Waals surface area contributed by atoms with Gasteiger partial charge in [0.2, 0.25) is 0 Å². The summed E-state index contributed by atoms with van der Waals surface area (Å²) >= 11 is 3.15. The molecule has 4 heteroatoms. The van der Waals surface area contributed by atoms with E-state index in [1.165, 1.54) is 0 Å². The number of hydrogen-bond acceptors (Lipinski definition) is 3. The molecule has 2 N–H and O–H groups in total. The Kier molecular flexibility index (Phi) is 1.87. The minimum atomic E-state index is -0.213. The predicted molar refractivity (Wildman–Crippen MR) is 37.1 cm³/mol. The molecule has 0 aliphatic heterocycles. The molecule has 1 rings (SSSR count). The fourth-order valence-electron chi connectivity index (χ4n) is 0.516.